The van der Waals surface area contributed by atoms with Crippen LogP contribution >= 0.6 is 0 Å². The number of hydrogen-bond acceptors (Lipinski definition) is 1. The molecule has 0 atom stereocenters. The molecular weight excluding hydrogens is 162 g/mol. The van der Waals surface area contributed by atoms with E-state index in [0.29, 0.717) is 0 Å². The maximum Gasteiger partial charge on any atom is 0.0599 e. The monoisotopic (exact) mass is 183 g/mol. The molecule has 0 bridgehead atoms. The summed E-state index contributed by atoms with van der Waals surface area (Å²) in [6.45, 7) is 12.0. The summed E-state index contributed by atoms with van der Waals surface area (Å²) >= 11 is 0. The van der Waals surface area contributed by atoms with Gasteiger partial charge < -0.3 is 4.90 Å². The molecule has 0 radical (unpaired) electrons. The van der Waals surface area contributed by atoms with Crippen LogP contribution in [0.15, 0.2) is 11.6 Å². The molecule has 1 heterocycles. The third kappa shape index (κ3) is 3.54. The molecule has 0 saturated carbocycles. The quantitative estimate of drug-likeness (QED) is 0.470. The van der Waals surface area contributed by atoms with Crippen molar-refractivity contribution >= 4 is 8.07 Å². The van der Waals surface area contributed by atoms with Crippen LogP contribution in [0, 0.1) is 0 Å². The summed E-state index contributed by atoms with van der Waals surface area (Å²) in [7, 11) is -0.870. The van der Waals surface area contributed by atoms with Gasteiger partial charge >= 0.3 is 0 Å². The van der Waals surface area contributed by atoms with Crippen LogP contribution < -0.4 is 0 Å². The summed E-state index contributed by atoms with van der Waals surface area (Å²) in [5.41, 5.74) is 1.57. The van der Waals surface area contributed by atoms with E-state index in [9.17, 15) is 0 Å². The summed E-state index contributed by atoms with van der Waals surface area (Å²) in [4.78, 5) is 2.60. The maximum atomic E-state index is 2.60. The molecule has 70 valence electrons. The first kappa shape index (κ1) is 10.0. The van der Waals surface area contributed by atoms with Gasteiger partial charge in [-0.1, -0.05) is 31.3 Å². The maximum absolute atomic E-state index is 2.60. The zero-order valence-electron chi connectivity index (χ0n) is 8.85. The Balaban J connectivity index is 2.37. The van der Waals surface area contributed by atoms with Crippen LogP contribution in [0.25, 0.3) is 0 Å². The van der Waals surface area contributed by atoms with Gasteiger partial charge in [-0.05, 0) is 19.5 Å². The predicted molar refractivity (Wildman–Crippen MR) is 58.2 cm³/mol. The molecule has 2 heteroatoms. The van der Waals surface area contributed by atoms with Gasteiger partial charge in [-0.15, -0.1) is 0 Å². The smallest absolute Gasteiger partial charge is 0.0599 e. The SMILES string of the molecule is CC1=CCN(C[Si](C)(C)C)CC1. The van der Waals surface area contributed by atoms with Crippen molar-refractivity contribution in [1.29, 1.82) is 0 Å². The van der Waals surface area contributed by atoms with E-state index in [1.54, 1.807) is 5.57 Å². The van der Waals surface area contributed by atoms with E-state index in [1.165, 1.54) is 25.7 Å². The number of rotatable bonds is 2. The first-order chi connectivity index (χ1) is 5.47. The minimum Gasteiger partial charge on any atom is -0.302 e. The van der Waals surface area contributed by atoms with E-state index in [0.717, 1.165) is 0 Å². The van der Waals surface area contributed by atoms with Gasteiger partial charge in [0.15, 0.2) is 0 Å². The van der Waals surface area contributed by atoms with Crippen LogP contribution in [0.3, 0.4) is 0 Å². The van der Waals surface area contributed by atoms with Gasteiger partial charge in [-0.2, -0.15) is 0 Å². The van der Waals surface area contributed by atoms with Crippen LogP contribution in [0.2, 0.25) is 19.6 Å². The molecule has 0 spiro atoms. The molecule has 12 heavy (non-hydrogen) atoms. The number of nitrogens with zero attached hydrogens (tertiary/aromatic N) is 1. The number of hydrogen-bond donors (Lipinski definition) is 0. The molecule has 0 saturated heterocycles. The fourth-order valence-corrected chi connectivity index (χ4v) is 3.26. The van der Waals surface area contributed by atoms with E-state index in [4.69, 9.17) is 0 Å². The Morgan fingerprint density at radius 2 is 2.08 bits per heavy atom. The molecule has 0 unspecified atom stereocenters. The van der Waals surface area contributed by atoms with Crippen LogP contribution in [-0.4, -0.2) is 32.2 Å². The van der Waals surface area contributed by atoms with Crippen LogP contribution in [0.1, 0.15) is 13.3 Å². The zero-order chi connectivity index (χ0) is 9.19. The van der Waals surface area contributed by atoms with Crippen molar-refractivity contribution in [3.05, 3.63) is 11.6 Å². The summed E-state index contributed by atoms with van der Waals surface area (Å²) in [5.74, 6) is 0. The van der Waals surface area contributed by atoms with Gasteiger partial charge in [-0.3, -0.25) is 0 Å². The fourth-order valence-electron chi connectivity index (χ4n) is 1.63. The Labute approximate surface area is 77.5 Å². The second kappa shape index (κ2) is 3.75. The molecule has 1 aliphatic rings. The molecule has 1 rings (SSSR count). The topological polar surface area (TPSA) is 3.24 Å². The first-order valence-corrected chi connectivity index (χ1v) is 8.56. The Bertz CT molecular complexity index is 179. The van der Waals surface area contributed by atoms with Crippen molar-refractivity contribution in [3.63, 3.8) is 0 Å². The second-order valence-corrected chi connectivity index (χ2v) is 10.5. The summed E-state index contributed by atoms with van der Waals surface area (Å²) in [5, 5.41) is 0. The third-order valence-corrected chi connectivity index (χ3v) is 3.61. The van der Waals surface area contributed by atoms with Crippen molar-refractivity contribution in [2.75, 3.05) is 19.3 Å². The lowest BCUT2D eigenvalue weighted by Gasteiger charge is -2.30. The normalized spacial score (nSPS) is 20.8. The van der Waals surface area contributed by atoms with Crippen molar-refractivity contribution in [1.82, 2.24) is 4.90 Å². The van der Waals surface area contributed by atoms with Crippen molar-refractivity contribution < 1.29 is 0 Å². The molecule has 1 aliphatic heterocycles. The Morgan fingerprint density at radius 1 is 1.42 bits per heavy atom. The zero-order valence-corrected chi connectivity index (χ0v) is 9.85. The molecule has 1 nitrogen and oxygen atoms in total. The van der Waals surface area contributed by atoms with Crippen molar-refractivity contribution in [2.45, 2.75) is 33.0 Å². The highest BCUT2D eigenvalue weighted by atomic mass is 28.3. The van der Waals surface area contributed by atoms with E-state index < -0.39 is 8.07 Å². The minimum absolute atomic E-state index is 0.870. The molecule has 0 aromatic carbocycles. The largest absolute Gasteiger partial charge is 0.302 e. The predicted octanol–water partition coefficient (Wildman–Crippen LogP) is 2.52. The first-order valence-electron chi connectivity index (χ1n) is 4.85. The molecule has 0 aromatic heterocycles. The highest BCUT2D eigenvalue weighted by Crippen LogP contribution is 2.12. The molecule has 0 aromatic rings. The Hall–Kier alpha value is -0.0831. The highest BCUT2D eigenvalue weighted by Gasteiger charge is 2.18. The molecule has 0 fully saturated rings. The lowest BCUT2D eigenvalue weighted by molar-refractivity contribution is 0.335. The van der Waals surface area contributed by atoms with E-state index >= 15 is 0 Å². The molecular formula is C10H21NSi. The van der Waals surface area contributed by atoms with E-state index in [1.807, 2.05) is 0 Å². The van der Waals surface area contributed by atoms with Crippen molar-refractivity contribution in [3.8, 4) is 0 Å². The van der Waals surface area contributed by atoms with E-state index in [-0.39, 0.29) is 0 Å². The van der Waals surface area contributed by atoms with Gasteiger partial charge in [0, 0.05) is 13.1 Å². The van der Waals surface area contributed by atoms with E-state index in [2.05, 4.69) is 37.5 Å². The van der Waals surface area contributed by atoms with Crippen LogP contribution in [-0.2, 0) is 0 Å². The average Bonchev–Trinajstić information content (AvgIpc) is 1.91. The Kier molecular flexibility index (Phi) is 3.13. The van der Waals surface area contributed by atoms with Gasteiger partial charge in [-0.25, -0.2) is 0 Å². The van der Waals surface area contributed by atoms with Gasteiger partial charge in [0.25, 0.3) is 0 Å². The molecule has 0 amide bonds. The fraction of sp³-hybridized carbons (Fsp3) is 0.800. The van der Waals surface area contributed by atoms with Crippen molar-refractivity contribution in [2.24, 2.45) is 0 Å². The van der Waals surface area contributed by atoms with Gasteiger partial charge in [0.2, 0.25) is 0 Å². The van der Waals surface area contributed by atoms with Crippen LogP contribution in [0.4, 0.5) is 0 Å². The summed E-state index contributed by atoms with van der Waals surface area (Å²) in [6.07, 6.45) is 5.02. The second-order valence-electron chi connectivity index (χ2n) is 5.10. The molecule has 0 aliphatic carbocycles. The summed E-state index contributed by atoms with van der Waals surface area (Å²) in [6, 6.07) is 0. The average molecular weight is 183 g/mol. The summed E-state index contributed by atoms with van der Waals surface area (Å²) < 4.78 is 0. The highest BCUT2D eigenvalue weighted by molar-refractivity contribution is 6.76. The standard InChI is InChI=1S/C10H21NSi/c1-10-5-7-11(8-6-10)9-12(2,3)4/h5H,6-9H2,1-4H3. The lowest BCUT2D eigenvalue weighted by atomic mass is 10.1. The third-order valence-electron chi connectivity index (χ3n) is 2.22. The lowest BCUT2D eigenvalue weighted by Crippen LogP contribution is -2.42. The molecule has 0 N–H and O–H groups in total. The van der Waals surface area contributed by atoms with Gasteiger partial charge in [0.1, 0.15) is 0 Å². The van der Waals surface area contributed by atoms with Gasteiger partial charge in [0.05, 0.1) is 8.07 Å². The Morgan fingerprint density at radius 3 is 2.50 bits per heavy atom. The minimum atomic E-state index is -0.870. The van der Waals surface area contributed by atoms with Crippen LogP contribution in [0.5, 0.6) is 0 Å².